The van der Waals surface area contributed by atoms with Crippen molar-refractivity contribution in [2.75, 3.05) is 57.5 Å². The SMILES string of the molecule is SCCSC(CS)CSCC(S)CSCC(CS)SCCS. The van der Waals surface area contributed by atoms with Crippen LogP contribution in [-0.4, -0.2) is 73.3 Å². The van der Waals surface area contributed by atoms with Crippen LogP contribution in [0.2, 0.25) is 0 Å². The lowest BCUT2D eigenvalue weighted by molar-refractivity contribution is 1.11. The average molecular weight is 473 g/mol. The molecule has 0 spiro atoms. The highest BCUT2D eigenvalue weighted by molar-refractivity contribution is 8.05. The standard InChI is InChI=1S/C13H28S9/c14-1-3-21-12(5-16)9-19-7-11(18)8-20-10-13(6-17)22-4-2-15/h11-18H,1-10H2. The van der Waals surface area contributed by atoms with Crippen molar-refractivity contribution in [1.82, 2.24) is 0 Å². The lowest BCUT2D eigenvalue weighted by atomic mass is 10.5. The number of thiol groups is 5. The summed E-state index contributed by atoms with van der Waals surface area (Å²) in [6, 6.07) is 0. The zero-order valence-corrected chi connectivity index (χ0v) is 20.4. The minimum atomic E-state index is 0.473. The van der Waals surface area contributed by atoms with Crippen LogP contribution in [0.4, 0.5) is 0 Å². The monoisotopic (exact) mass is 472 g/mol. The van der Waals surface area contributed by atoms with Crippen LogP contribution in [0.25, 0.3) is 0 Å². The quantitative estimate of drug-likeness (QED) is 0.207. The van der Waals surface area contributed by atoms with Gasteiger partial charge in [-0.1, -0.05) is 0 Å². The van der Waals surface area contributed by atoms with Crippen LogP contribution >= 0.6 is 110 Å². The molecule has 0 aliphatic carbocycles. The Balaban J connectivity index is 3.65. The van der Waals surface area contributed by atoms with Crippen LogP contribution in [0.5, 0.6) is 0 Å². The molecule has 0 fully saturated rings. The maximum Gasteiger partial charge on any atom is 0.0226 e. The maximum absolute atomic E-state index is 4.72. The molecule has 9 heteroatoms. The van der Waals surface area contributed by atoms with Crippen molar-refractivity contribution in [1.29, 1.82) is 0 Å². The number of thioether (sulfide) groups is 4. The molecule has 0 aromatic heterocycles. The van der Waals surface area contributed by atoms with E-state index in [2.05, 4.69) is 50.5 Å². The van der Waals surface area contributed by atoms with Crippen LogP contribution in [-0.2, 0) is 0 Å². The minimum absolute atomic E-state index is 0.473. The van der Waals surface area contributed by atoms with Crippen LogP contribution < -0.4 is 0 Å². The van der Waals surface area contributed by atoms with Gasteiger partial charge < -0.3 is 0 Å². The molecule has 0 saturated carbocycles. The van der Waals surface area contributed by atoms with E-state index in [1.165, 1.54) is 11.5 Å². The van der Waals surface area contributed by atoms with E-state index in [-0.39, 0.29) is 0 Å². The van der Waals surface area contributed by atoms with E-state index < -0.39 is 0 Å². The first kappa shape index (κ1) is 25.1. The normalized spacial score (nSPS) is 15.7. The zero-order valence-electron chi connectivity index (χ0n) is 12.7. The maximum atomic E-state index is 4.72. The Morgan fingerprint density at radius 1 is 0.636 bits per heavy atom. The van der Waals surface area contributed by atoms with Crippen molar-refractivity contribution in [3.05, 3.63) is 0 Å². The topological polar surface area (TPSA) is 0 Å². The fraction of sp³-hybridized carbons (Fsp3) is 1.00. The molecular weight excluding hydrogens is 445 g/mol. The summed E-state index contributed by atoms with van der Waals surface area (Å²) in [7, 11) is 0. The Hall–Kier alpha value is 3.15. The number of hydrogen-bond donors (Lipinski definition) is 5. The molecule has 0 heterocycles. The van der Waals surface area contributed by atoms with Crippen molar-refractivity contribution in [3.63, 3.8) is 0 Å². The second-order valence-corrected chi connectivity index (χ2v) is 11.8. The van der Waals surface area contributed by atoms with Gasteiger partial charge in [-0.15, -0.1) is 0 Å². The molecule has 22 heavy (non-hydrogen) atoms. The molecule has 0 aromatic carbocycles. The summed E-state index contributed by atoms with van der Waals surface area (Å²) in [6.07, 6.45) is 0. The largest absolute Gasteiger partial charge is 0.179 e. The van der Waals surface area contributed by atoms with Gasteiger partial charge in [-0.05, 0) is 11.5 Å². The fourth-order valence-corrected chi connectivity index (χ4v) is 8.37. The zero-order chi connectivity index (χ0) is 16.6. The van der Waals surface area contributed by atoms with E-state index in [0.717, 1.165) is 46.0 Å². The van der Waals surface area contributed by atoms with Gasteiger partial charge >= 0.3 is 0 Å². The van der Waals surface area contributed by atoms with Crippen molar-refractivity contribution < 1.29 is 0 Å². The molecule has 0 radical (unpaired) electrons. The van der Waals surface area contributed by atoms with E-state index in [9.17, 15) is 0 Å². The molecular formula is C13H28S9. The summed E-state index contributed by atoms with van der Waals surface area (Å²) in [5.41, 5.74) is 0. The first-order chi connectivity index (χ1) is 10.7. The van der Waals surface area contributed by atoms with Crippen LogP contribution in [0.15, 0.2) is 0 Å². The van der Waals surface area contributed by atoms with Crippen molar-refractivity contribution in [2.24, 2.45) is 0 Å². The molecule has 134 valence electrons. The number of rotatable bonds is 16. The molecule has 0 aliphatic rings. The highest BCUT2D eigenvalue weighted by atomic mass is 32.2. The van der Waals surface area contributed by atoms with Crippen molar-refractivity contribution in [2.45, 2.75) is 15.7 Å². The van der Waals surface area contributed by atoms with Gasteiger partial charge in [0.1, 0.15) is 0 Å². The third kappa shape index (κ3) is 15.4. The van der Waals surface area contributed by atoms with E-state index in [4.69, 9.17) is 12.6 Å². The van der Waals surface area contributed by atoms with E-state index >= 15 is 0 Å². The average Bonchev–Trinajstić information content (AvgIpc) is 2.53. The first-order valence-corrected chi connectivity index (χ1v) is 14.6. The molecule has 0 rings (SSSR count). The highest BCUT2D eigenvalue weighted by Gasteiger charge is 2.11. The van der Waals surface area contributed by atoms with Gasteiger partial charge in [0.25, 0.3) is 0 Å². The fourth-order valence-electron chi connectivity index (χ4n) is 1.46. The Morgan fingerprint density at radius 2 is 1.05 bits per heavy atom. The molecule has 2 unspecified atom stereocenters. The van der Waals surface area contributed by atoms with E-state index in [1.807, 2.05) is 47.0 Å². The third-order valence-corrected chi connectivity index (χ3v) is 11.3. The Morgan fingerprint density at radius 3 is 1.36 bits per heavy atom. The van der Waals surface area contributed by atoms with Gasteiger partial charge in [0.2, 0.25) is 0 Å². The minimum Gasteiger partial charge on any atom is -0.179 e. The summed E-state index contributed by atoms with van der Waals surface area (Å²) in [6.45, 7) is 0. The van der Waals surface area contributed by atoms with Gasteiger partial charge in [0, 0.05) is 61.8 Å². The summed E-state index contributed by atoms with van der Waals surface area (Å²) < 4.78 is 0. The number of hydrogen-bond acceptors (Lipinski definition) is 9. The smallest absolute Gasteiger partial charge is 0.0226 e. The van der Waals surface area contributed by atoms with Crippen LogP contribution in [0.1, 0.15) is 0 Å². The van der Waals surface area contributed by atoms with Gasteiger partial charge in [-0.3, -0.25) is 0 Å². The predicted octanol–water partition coefficient (Wildman–Crippen LogP) is 4.67. The van der Waals surface area contributed by atoms with Crippen LogP contribution in [0.3, 0.4) is 0 Å². The lowest BCUT2D eigenvalue weighted by Gasteiger charge is -2.17. The Bertz CT molecular complexity index is 208. The van der Waals surface area contributed by atoms with Crippen molar-refractivity contribution in [3.8, 4) is 0 Å². The lowest BCUT2D eigenvalue weighted by Crippen LogP contribution is -2.15. The van der Waals surface area contributed by atoms with Gasteiger partial charge in [0.05, 0.1) is 0 Å². The first-order valence-electron chi connectivity index (χ1n) is 7.18. The molecule has 2 atom stereocenters. The molecule has 0 nitrogen and oxygen atoms in total. The highest BCUT2D eigenvalue weighted by Crippen LogP contribution is 2.23. The molecule has 0 bridgehead atoms. The molecule has 0 aliphatic heterocycles. The predicted molar refractivity (Wildman–Crippen MR) is 135 cm³/mol. The second kappa shape index (κ2) is 18.9. The summed E-state index contributed by atoms with van der Waals surface area (Å²) in [4.78, 5) is 0. The van der Waals surface area contributed by atoms with E-state index in [1.54, 1.807) is 0 Å². The van der Waals surface area contributed by atoms with E-state index in [0.29, 0.717) is 15.7 Å². The second-order valence-electron chi connectivity index (χ2n) is 4.53. The van der Waals surface area contributed by atoms with Crippen molar-refractivity contribution >= 4 is 110 Å². The van der Waals surface area contributed by atoms with Gasteiger partial charge in [-0.2, -0.15) is 110 Å². The molecule has 0 aromatic rings. The third-order valence-electron chi connectivity index (χ3n) is 2.52. The molecule has 0 saturated heterocycles. The molecule has 0 N–H and O–H groups in total. The van der Waals surface area contributed by atoms with Crippen LogP contribution in [0, 0.1) is 0 Å². The summed E-state index contributed by atoms with van der Waals surface area (Å²) >= 11 is 30.1. The Kier molecular flexibility index (Phi) is 21.6. The summed E-state index contributed by atoms with van der Waals surface area (Å²) in [5.74, 6) is 10.6. The molecule has 0 amide bonds. The van der Waals surface area contributed by atoms with Gasteiger partial charge in [0.15, 0.2) is 0 Å². The van der Waals surface area contributed by atoms with Gasteiger partial charge in [-0.25, -0.2) is 0 Å². The summed E-state index contributed by atoms with van der Waals surface area (Å²) in [5, 5.41) is 1.75. The Labute approximate surface area is 181 Å².